The van der Waals surface area contributed by atoms with Crippen molar-refractivity contribution in [3.8, 4) is 6.07 Å². The Bertz CT molecular complexity index is 457. The van der Waals surface area contributed by atoms with Crippen molar-refractivity contribution in [2.75, 3.05) is 0 Å². The highest BCUT2D eigenvalue weighted by Crippen LogP contribution is 2.07. The van der Waals surface area contributed by atoms with E-state index in [0.29, 0.717) is 6.54 Å². The van der Waals surface area contributed by atoms with Crippen LogP contribution in [0.15, 0.2) is 42.0 Å². The second-order valence-corrected chi connectivity index (χ2v) is 4.25. The van der Waals surface area contributed by atoms with E-state index >= 15 is 0 Å². The molecule has 0 saturated carbocycles. The molecule has 18 heavy (non-hydrogen) atoms. The average molecular weight is 242 g/mol. The SMILES string of the molecule is CCC(C)/C=C(/C#N)C(=O)NCc1ccccc1. The third kappa shape index (κ3) is 4.42. The lowest BCUT2D eigenvalue weighted by atomic mass is 10.1. The van der Waals surface area contributed by atoms with Crippen molar-refractivity contribution in [1.82, 2.24) is 5.32 Å². The summed E-state index contributed by atoms with van der Waals surface area (Å²) >= 11 is 0. The predicted octanol–water partition coefficient (Wildman–Crippen LogP) is 2.80. The summed E-state index contributed by atoms with van der Waals surface area (Å²) in [6.07, 6.45) is 2.64. The largest absolute Gasteiger partial charge is 0.347 e. The van der Waals surface area contributed by atoms with Gasteiger partial charge in [0.05, 0.1) is 0 Å². The van der Waals surface area contributed by atoms with Gasteiger partial charge in [-0.2, -0.15) is 5.26 Å². The quantitative estimate of drug-likeness (QED) is 0.637. The third-order valence-electron chi connectivity index (χ3n) is 2.76. The Balaban J connectivity index is 2.59. The zero-order valence-corrected chi connectivity index (χ0v) is 10.8. The monoisotopic (exact) mass is 242 g/mol. The van der Waals surface area contributed by atoms with Gasteiger partial charge in [-0.25, -0.2) is 0 Å². The molecule has 0 heterocycles. The minimum absolute atomic E-state index is 0.195. The van der Waals surface area contributed by atoms with Crippen LogP contribution >= 0.6 is 0 Å². The van der Waals surface area contributed by atoms with Crippen molar-refractivity contribution in [2.24, 2.45) is 5.92 Å². The highest BCUT2D eigenvalue weighted by Gasteiger charge is 2.09. The van der Waals surface area contributed by atoms with Crippen LogP contribution < -0.4 is 5.32 Å². The zero-order valence-electron chi connectivity index (χ0n) is 10.8. The van der Waals surface area contributed by atoms with Crippen molar-refractivity contribution >= 4 is 5.91 Å². The third-order valence-corrected chi connectivity index (χ3v) is 2.76. The van der Waals surface area contributed by atoms with Gasteiger partial charge in [0.25, 0.3) is 5.91 Å². The molecule has 1 unspecified atom stereocenters. The number of nitrogens with zero attached hydrogens (tertiary/aromatic N) is 1. The highest BCUT2D eigenvalue weighted by atomic mass is 16.1. The molecule has 3 nitrogen and oxygen atoms in total. The Morgan fingerprint density at radius 1 is 1.44 bits per heavy atom. The first-order valence-electron chi connectivity index (χ1n) is 6.11. The molecule has 0 radical (unpaired) electrons. The lowest BCUT2D eigenvalue weighted by molar-refractivity contribution is -0.117. The van der Waals surface area contributed by atoms with Gasteiger partial charge < -0.3 is 5.32 Å². The van der Waals surface area contributed by atoms with E-state index in [-0.39, 0.29) is 17.4 Å². The molecule has 1 atom stereocenters. The number of rotatable bonds is 5. The molecule has 1 aromatic rings. The lowest BCUT2D eigenvalue weighted by Crippen LogP contribution is -2.24. The number of carbonyl (C=O) groups is 1. The standard InChI is InChI=1S/C15H18N2O/c1-3-12(2)9-14(10-16)15(18)17-11-13-7-5-4-6-8-13/h4-9,12H,3,11H2,1-2H3,(H,17,18)/b14-9-. The molecule has 94 valence electrons. The maximum Gasteiger partial charge on any atom is 0.261 e. The van der Waals surface area contributed by atoms with Gasteiger partial charge in [-0.05, 0) is 11.5 Å². The summed E-state index contributed by atoms with van der Waals surface area (Å²) in [5, 5.41) is 11.7. The second-order valence-electron chi connectivity index (χ2n) is 4.25. The molecule has 1 N–H and O–H groups in total. The number of nitrogens with one attached hydrogen (secondary N) is 1. The molecule has 0 aliphatic heterocycles. The number of carbonyl (C=O) groups excluding carboxylic acids is 1. The fourth-order valence-corrected chi connectivity index (χ4v) is 1.44. The smallest absolute Gasteiger partial charge is 0.261 e. The summed E-state index contributed by atoms with van der Waals surface area (Å²) in [6.45, 7) is 4.46. The van der Waals surface area contributed by atoms with Gasteiger partial charge in [-0.15, -0.1) is 0 Å². The molecule has 0 spiro atoms. The van der Waals surface area contributed by atoms with E-state index in [1.807, 2.05) is 50.2 Å². The van der Waals surface area contributed by atoms with E-state index in [2.05, 4.69) is 5.32 Å². The lowest BCUT2D eigenvalue weighted by Gasteiger charge is -2.06. The van der Waals surface area contributed by atoms with Gasteiger partial charge >= 0.3 is 0 Å². The minimum Gasteiger partial charge on any atom is -0.347 e. The van der Waals surface area contributed by atoms with Crippen LogP contribution in [0, 0.1) is 17.2 Å². The number of nitriles is 1. The maximum atomic E-state index is 11.8. The second kappa shape index (κ2) is 7.29. The number of hydrogen-bond donors (Lipinski definition) is 1. The molecule has 0 aliphatic carbocycles. The van der Waals surface area contributed by atoms with E-state index < -0.39 is 0 Å². The molecule has 0 aliphatic rings. The van der Waals surface area contributed by atoms with E-state index in [1.54, 1.807) is 6.08 Å². The van der Waals surface area contributed by atoms with Crippen molar-refractivity contribution in [2.45, 2.75) is 26.8 Å². The fraction of sp³-hybridized carbons (Fsp3) is 0.333. The molecular weight excluding hydrogens is 224 g/mol. The summed E-state index contributed by atoms with van der Waals surface area (Å²) in [5.41, 5.74) is 1.21. The van der Waals surface area contributed by atoms with Crippen LogP contribution in [-0.2, 0) is 11.3 Å². The molecule has 0 saturated heterocycles. The highest BCUT2D eigenvalue weighted by molar-refractivity contribution is 5.97. The summed E-state index contributed by atoms with van der Waals surface area (Å²) in [6, 6.07) is 11.6. The van der Waals surface area contributed by atoms with Crippen LogP contribution in [0.1, 0.15) is 25.8 Å². The summed E-state index contributed by atoms with van der Waals surface area (Å²) in [4.78, 5) is 11.8. The van der Waals surface area contributed by atoms with Gasteiger partial charge in [-0.1, -0.05) is 56.7 Å². The number of amides is 1. The normalized spacial score (nSPS) is 12.6. The fourth-order valence-electron chi connectivity index (χ4n) is 1.44. The van der Waals surface area contributed by atoms with Crippen LogP contribution in [0.2, 0.25) is 0 Å². The van der Waals surface area contributed by atoms with E-state index in [9.17, 15) is 4.79 Å². The Kier molecular flexibility index (Phi) is 5.66. The molecule has 1 aromatic carbocycles. The van der Waals surface area contributed by atoms with Gasteiger partial charge in [-0.3, -0.25) is 4.79 Å². The Hall–Kier alpha value is -2.08. The van der Waals surface area contributed by atoms with Crippen LogP contribution in [-0.4, -0.2) is 5.91 Å². The summed E-state index contributed by atoms with van der Waals surface area (Å²) in [5.74, 6) is -0.0659. The molecule has 0 fully saturated rings. The van der Waals surface area contributed by atoms with E-state index in [0.717, 1.165) is 12.0 Å². The van der Waals surface area contributed by atoms with Crippen LogP contribution in [0.5, 0.6) is 0 Å². The van der Waals surface area contributed by atoms with Crippen LogP contribution in [0.3, 0.4) is 0 Å². The molecule has 0 aromatic heterocycles. The zero-order chi connectivity index (χ0) is 13.4. The van der Waals surface area contributed by atoms with Gasteiger partial charge in [0, 0.05) is 6.54 Å². The Labute approximate surface area is 108 Å². The number of benzene rings is 1. The molecule has 1 amide bonds. The average Bonchev–Trinajstić information content (AvgIpc) is 2.42. The van der Waals surface area contributed by atoms with Crippen molar-refractivity contribution in [1.29, 1.82) is 5.26 Å². The van der Waals surface area contributed by atoms with Crippen molar-refractivity contribution in [3.63, 3.8) is 0 Å². The number of allylic oxidation sites excluding steroid dienone is 1. The van der Waals surface area contributed by atoms with Gasteiger partial charge in [0.2, 0.25) is 0 Å². The molecule has 0 bridgehead atoms. The predicted molar refractivity (Wildman–Crippen MR) is 71.4 cm³/mol. The minimum atomic E-state index is -0.304. The van der Waals surface area contributed by atoms with Crippen molar-refractivity contribution < 1.29 is 4.79 Å². The van der Waals surface area contributed by atoms with Crippen LogP contribution in [0.4, 0.5) is 0 Å². The van der Waals surface area contributed by atoms with Crippen molar-refractivity contribution in [3.05, 3.63) is 47.5 Å². The molecular formula is C15H18N2O. The first-order chi connectivity index (χ1) is 8.67. The molecule has 1 rings (SSSR count). The first kappa shape index (κ1) is 14.0. The molecule has 3 heteroatoms. The summed E-state index contributed by atoms with van der Waals surface area (Å²) in [7, 11) is 0. The Morgan fingerprint density at radius 3 is 2.67 bits per heavy atom. The summed E-state index contributed by atoms with van der Waals surface area (Å²) < 4.78 is 0. The van der Waals surface area contributed by atoms with Gasteiger partial charge in [0.15, 0.2) is 0 Å². The topological polar surface area (TPSA) is 52.9 Å². The van der Waals surface area contributed by atoms with E-state index in [4.69, 9.17) is 5.26 Å². The maximum absolute atomic E-state index is 11.8. The van der Waals surface area contributed by atoms with E-state index in [1.165, 1.54) is 0 Å². The van der Waals surface area contributed by atoms with Crippen LogP contribution in [0.25, 0.3) is 0 Å². The first-order valence-corrected chi connectivity index (χ1v) is 6.11. The number of hydrogen-bond acceptors (Lipinski definition) is 2. The van der Waals surface area contributed by atoms with Gasteiger partial charge in [0.1, 0.15) is 11.6 Å². The Morgan fingerprint density at radius 2 is 2.11 bits per heavy atom.